The summed E-state index contributed by atoms with van der Waals surface area (Å²) in [5.74, 6) is 0.374. The highest BCUT2D eigenvalue weighted by Gasteiger charge is 2.39. The van der Waals surface area contributed by atoms with Gasteiger partial charge in [0.25, 0.3) is 0 Å². The first-order valence-electron chi connectivity index (χ1n) is 7.57. The summed E-state index contributed by atoms with van der Waals surface area (Å²) in [7, 11) is 0. The van der Waals surface area contributed by atoms with Crippen LogP contribution in [0.1, 0.15) is 60.8 Å². The summed E-state index contributed by atoms with van der Waals surface area (Å²) in [5.41, 5.74) is 6.33. The van der Waals surface area contributed by atoms with E-state index in [0.29, 0.717) is 29.3 Å². The van der Waals surface area contributed by atoms with Gasteiger partial charge in [-0.25, -0.2) is 0 Å². The van der Waals surface area contributed by atoms with E-state index in [4.69, 9.17) is 5.73 Å². The van der Waals surface area contributed by atoms with Gasteiger partial charge in [-0.1, -0.05) is 41.5 Å². The van der Waals surface area contributed by atoms with Gasteiger partial charge < -0.3 is 11.1 Å². The SMILES string of the molecule is CC(C)C(CN)C(=O)NC1CC(C)(C)CC(C)(C)C1. The van der Waals surface area contributed by atoms with Crippen LogP contribution in [0.4, 0.5) is 0 Å². The third-order valence-electron chi connectivity index (χ3n) is 4.30. The first-order chi connectivity index (χ1) is 8.56. The Bertz CT molecular complexity index is 305. The van der Waals surface area contributed by atoms with Gasteiger partial charge in [-0.3, -0.25) is 4.79 Å². The third-order valence-corrected chi connectivity index (χ3v) is 4.30. The highest BCUT2D eigenvalue weighted by molar-refractivity contribution is 5.79. The second-order valence-corrected chi connectivity index (χ2v) is 8.21. The molecule has 0 saturated heterocycles. The zero-order chi connectivity index (χ0) is 14.8. The Hall–Kier alpha value is -0.570. The fourth-order valence-corrected chi connectivity index (χ4v) is 3.94. The van der Waals surface area contributed by atoms with E-state index in [1.165, 1.54) is 6.42 Å². The van der Waals surface area contributed by atoms with Crippen LogP contribution in [-0.4, -0.2) is 18.5 Å². The average Bonchev–Trinajstić information content (AvgIpc) is 2.11. The molecular weight excluding hydrogens is 236 g/mol. The Morgan fingerprint density at radius 3 is 2.05 bits per heavy atom. The Labute approximate surface area is 118 Å². The maximum atomic E-state index is 12.3. The maximum Gasteiger partial charge on any atom is 0.224 e. The van der Waals surface area contributed by atoms with Crippen LogP contribution in [0.15, 0.2) is 0 Å². The van der Waals surface area contributed by atoms with Crippen LogP contribution >= 0.6 is 0 Å². The fourth-order valence-electron chi connectivity index (χ4n) is 3.94. The predicted molar refractivity (Wildman–Crippen MR) is 80.7 cm³/mol. The van der Waals surface area contributed by atoms with E-state index in [-0.39, 0.29) is 11.8 Å². The molecule has 112 valence electrons. The first kappa shape index (κ1) is 16.5. The predicted octanol–water partition coefficient (Wildman–Crippen LogP) is 2.94. The summed E-state index contributed by atoms with van der Waals surface area (Å²) in [6, 6.07) is 0.291. The molecule has 3 nitrogen and oxygen atoms in total. The lowest BCUT2D eigenvalue weighted by atomic mass is 9.63. The van der Waals surface area contributed by atoms with Gasteiger partial charge in [0.1, 0.15) is 0 Å². The van der Waals surface area contributed by atoms with Crippen LogP contribution in [0.2, 0.25) is 0 Å². The molecule has 19 heavy (non-hydrogen) atoms. The van der Waals surface area contributed by atoms with Gasteiger partial charge in [0.2, 0.25) is 5.91 Å². The van der Waals surface area contributed by atoms with Crippen molar-refractivity contribution in [3.63, 3.8) is 0 Å². The molecule has 0 heterocycles. The number of hydrogen-bond donors (Lipinski definition) is 2. The topological polar surface area (TPSA) is 55.1 Å². The van der Waals surface area contributed by atoms with Crippen LogP contribution in [-0.2, 0) is 4.79 Å². The van der Waals surface area contributed by atoms with Crippen molar-refractivity contribution in [2.75, 3.05) is 6.54 Å². The molecule has 1 aliphatic carbocycles. The lowest BCUT2D eigenvalue weighted by Gasteiger charge is -2.45. The Morgan fingerprint density at radius 1 is 1.21 bits per heavy atom. The lowest BCUT2D eigenvalue weighted by Crippen LogP contribution is -2.49. The second-order valence-electron chi connectivity index (χ2n) is 8.21. The summed E-state index contributed by atoms with van der Waals surface area (Å²) in [5, 5.41) is 3.24. The first-order valence-corrected chi connectivity index (χ1v) is 7.57. The summed E-state index contributed by atoms with van der Waals surface area (Å²) >= 11 is 0. The second kappa shape index (κ2) is 5.82. The monoisotopic (exact) mass is 268 g/mol. The van der Waals surface area contributed by atoms with E-state index in [1.54, 1.807) is 0 Å². The van der Waals surface area contributed by atoms with Crippen LogP contribution < -0.4 is 11.1 Å². The van der Waals surface area contributed by atoms with Crippen molar-refractivity contribution in [3.8, 4) is 0 Å². The fraction of sp³-hybridized carbons (Fsp3) is 0.938. The van der Waals surface area contributed by atoms with Crippen LogP contribution in [0.5, 0.6) is 0 Å². The molecular formula is C16H32N2O. The van der Waals surface area contributed by atoms with E-state index in [1.807, 2.05) is 0 Å². The summed E-state index contributed by atoms with van der Waals surface area (Å²) in [4.78, 5) is 12.3. The molecule has 0 bridgehead atoms. The highest BCUT2D eigenvalue weighted by atomic mass is 16.2. The van der Waals surface area contributed by atoms with Crippen molar-refractivity contribution in [1.29, 1.82) is 0 Å². The lowest BCUT2D eigenvalue weighted by molar-refractivity contribution is -0.127. The summed E-state index contributed by atoms with van der Waals surface area (Å²) < 4.78 is 0. The molecule has 3 heteroatoms. The Morgan fingerprint density at radius 2 is 1.68 bits per heavy atom. The molecule has 3 N–H and O–H groups in total. The van der Waals surface area contributed by atoms with Crippen molar-refractivity contribution in [2.45, 2.75) is 66.8 Å². The third kappa shape index (κ3) is 4.79. The number of amides is 1. The molecule has 1 unspecified atom stereocenters. The smallest absolute Gasteiger partial charge is 0.224 e. The van der Waals surface area contributed by atoms with E-state index in [0.717, 1.165) is 12.8 Å². The quantitative estimate of drug-likeness (QED) is 0.823. The highest BCUT2D eigenvalue weighted by Crippen LogP contribution is 2.45. The molecule has 0 aliphatic heterocycles. The van der Waals surface area contributed by atoms with E-state index in [9.17, 15) is 4.79 Å². The Balaban J connectivity index is 2.68. The number of carbonyl (C=O) groups excluding carboxylic acids is 1. The maximum absolute atomic E-state index is 12.3. The Kier molecular flexibility index (Phi) is 5.05. The largest absolute Gasteiger partial charge is 0.353 e. The molecule has 0 aromatic heterocycles. The van der Waals surface area contributed by atoms with Gasteiger partial charge in [-0.15, -0.1) is 0 Å². The minimum atomic E-state index is -0.0619. The minimum Gasteiger partial charge on any atom is -0.353 e. The van der Waals surface area contributed by atoms with Crippen LogP contribution in [0.3, 0.4) is 0 Å². The number of nitrogens with one attached hydrogen (secondary N) is 1. The molecule has 1 saturated carbocycles. The van der Waals surface area contributed by atoms with Crippen LogP contribution in [0, 0.1) is 22.7 Å². The van der Waals surface area contributed by atoms with Gasteiger partial charge in [0, 0.05) is 12.6 Å². The number of carbonyl (C=O) groups is 1. The number of rotatable bonds is 4. The molecule has 0 radical (unpaired) electrons. The zero-order valence-corrected chi connectivity index (χ0v) is 13.5. The van der Waals surface area contributed by atoms with E-state index < -0.39 is 0 Å². The minimum absolute atomic E-state index is 0.0619. The van der Waals surface area contributed by atoms with Crippen molar-refractivity contribution in [3.05, 3.63) is 0 Å². The molecule has 0 aromatic rings. The van der Waals surface area contributed by atoms with Crippen molar-refractivity contribution >= 4 is 5.91 Å². The normalized spacial score (nSPS) is 24.2. The number of nitrogens with two attached hydrogens (primary N) is 1. The molecule has 0 spiro atoms. The van der Waals surface area contributed by atoms with Gasteiger partial charge in [-0.2, -0.15) is 0 Å². The standard InChI is InChI=1S/C16H32N2O/c1-11(2)13(9-17)14(19)18-12-7-15(3,4)10-16(5,6)8-12/h11-13H,7-10,17H2,1-6H3,(H,18,19). The van der Waals surface area contributed by atoms with Crippen LogP contribution in [0.25, 0.3) is 0 Å². The average molecular weight is 268 g/mol. The number of hydrogen-bond acceptors (Lipinski definition) is 2. The van der Waals surface area contributed by atoms with Crippen molar-refractivity contribution < 1.29 is 4.79 Å². The van der Waals surface area contributed by atoms with Crippen molar-refractivity contribution in [1.82, 2.24) is 5.32 Å². The molecule has 1 rings (SSSR count). The van der Waals surface area contributed by atoms with E-state index in [2.05, 4.69) is 46.9 Å². The van der Waals surface area contributed by atoms with Gasteiger partial charge in [-0.05, 0) is 36.0 Å². The van der Waals surface area contributed by atoms with Gasteiger partial charge in [0.15, 0.2) is 0 Å². The van der Waals surface area contributed by atoms with Crippen molar-refractivity contribution in [2.24, 2.45) is 28.4 Å². The molecule has 1 aliphatic rings. The molecule has 1 fully saturated rings. The van der Waals surface area contributed by atoms with Gasteiger partial charge >= 0.3 is 0 Å². The summed E-state index contributed by atoms with van der Waals surface area (Å²) in [6.45, 7) is 13.8. The molecule has 1 atom stereocenters. The zero-order valence-electron chi connectivity index (χ0n) is 13.5. The molecule has 1 amide bonds. The van der Waals surface area contributed by atoms with E-state index >= 15 is 0 Å². The van der Waals surface area contributed by atoms with Gasteiger partial charge in [0.05, 0.1) is 5.92 Å². The summed E-state index contributed by atoms with van der Waals surface area (Å²) in [6.07, 6.45) is 3.35. The molecule has 0 aromatic carbocycles.